The number of thiazole rings is 1. The second-order valence-electron chi connectivity index (χ2n) is 4.42. The predicted molar refractivity (Wildman–Crippen MR) is 65.4 cm³/mol. The SMILES string of the molecule is COC(c1ncc(C(=O)O)s1)C1CCCCC1. The Morgan fingerprint density at radius 1 is 1.53 bits per heavy atom. The highest BCUT2D eigenvalue weighted by Gasteiger charge is 2.27. The number of methoxy groups -OCH3 is 1. The molecule has 17 heavy (non-hydrogen) atoms. The molecule has 2 rings (SSSR count). The molecule has 0 radical (unpaired) electrons. The maximum absolute atomic E-state index is 10.8. The molecule has 5 heteroatoms. The number of nitrogens with zero attached hydrogens (tertiary/aromatic N) is 1. The van der Waals surface area contributed by atoms with Crippen molar-refractivity contribution < 1.29 is 14.6 Å². The van der Waals surface area contributed by atoms with E-state index in [1.54, 1.807) is 7.11 Å². The van der Waals surface area contributed by atoms with E-state index >= 15 is 0 Å². The minimum absolute atomic E-state index is 0.0339. The summed E-state index contributed by atoms with van der Waals surface area (Å²) in [5, 5.41) is 9.70. The summed E-state index contributed by atoms with van der Waals surface area (Å²) < 4.78 is 5.52. The zero-order valence-electron chi connectivity index (χ0n) is 9.89. The molecule has 1 heterocycles. The second kappa shape index (κ2) is 5.60. The van der Waals surface area contributed by atoms with Crippen LogP contribution in [0.1, 0.15) is 52.9 Å². The predicted octanol–water partition coefficient (Wildman–Crippen LogP) is 3.11. The summed E-state index contributed by atoms with van der Waals surface area (Å²) in [6.07, 6.45) is 7.47. The van der Waals surface area contributed by atoms with Crippen LogP contribution in [-0.2, 0) is 4.74 Å². The molecule has 1 N–H and O–H groups in total. The van der Waals surface area contributed by atoms with E-state index < -0.39 is 5.97 Å². The summed E-state index contributed by atoms with van der Waals surface area (Å²) in [4.78, 5) is 15.3. The Bertz CT molecular complexity index is 385. The van der Waals surface area contributed by atoms with Gasteiger partial charge in [-0.1, -0.05) is 19.3 Å². The van der Waals surface area contributed by atoms with Crippen LogP contribution in [0.15, 0.2) is 6.20 Å². The van der Waals surface area contributed by atoms with Gasteiger partial charge in [0.05, 0.1) is 6.20 Å². The largest absolute Gasteiger partial charge is 0.477 e. The number of aromatic nitrogens is 1. The van der Waals surface area contributed by atoms with E-state index in [1.165, 1.54) is 36.8 Å². The highest BCUT2D eigenvalue weighted by molar-refractivity contribution is 7.13. The summed E-state index contributed by atoms with van der Waals surface area (Å²) in [7, 11) is 1.68. The fraction of sp³-hybridized carbons (Fsp3) is 0.667. The van der Waals surface area contributed by atoms with Crippen LogP contribution in [0, 0.1) is 5.92 Å². The van der Waals surface area contributed by atoms with Crippen LogP contribution >= 0.6 is 11.3 Å². The Morgan fingerprint density at radius 2 is 2.24 bits per heavy atom. The van der Waals surface area contributed by atoms with Crippen molar-refractivity contribution in [3.05, 3.63) is 16.1 Å². The van der Waals surface area contributed by atoms with Crippen LogP contribution in [0.2, 0.25) is 0 Å². The minimum atomic E-state index is -0.910. The monoisotopic (exact) mass is 255 g/mol. The van der Waals surface area contributed by atoms with E-state index in [0.717, 1.165) is 17.8 Å². The molecule has 1 fully saturated rings. The molecule has 0 bridgehead atoms. The van der Waals surface area contributed by atoms with Crippen LogP contribution in [-0.4, -0.2) is 23.2 Å². The van der Waals surface area contributed by atoms with E-state index in [9.17, 15) is 4.79 Å². The number of hydrogen-bond donors (Lipinski definition) is 1. The average molecular weight is 255 g/mol. The number of carbonyl (C=O) groups is 1. The van der Waals surface area contributed by atoms with Crippen molar-refractivity contribution in [1.29, 1.82) is 0 Å². The standard InChI is InChI=1S/C12H17NO3S/c1-16-10(8-5-3-2-4-6-8)11-13-7-9(17-11)12(14)15/h7-8,10H,2-6H2,1H3,(H,14,15). The van der Waals surface area contributed by atoms with Crippen molar-refractivity contribution in [2.24, 2.45) is 5.92 Å². The number of carboxylic acids is 1. The topological polar surface area (TPSA) is 59.4 Å². The van der Waals surface area contributed by atoms with Crippen molar-refractivity contribution in [3.8, 4) is 0 Å². The Labute approximate surface area is 105 Å². The van der Waals surface area contributed by atoms with Crippen LogP contribution < -0.4 is 0 Å². The van der Waals surface area contributed by atoms with Gasteiger partial charge < -0.3 is 9.84 Å². The highest BCUT2D eigenvalue weighted by Crippen LogP contribution is 2.37. The third-order valence-corrected chi connectivity index (χ3v) is 4.36. The van der Waals surface area contributed by atoms with Crippen LogP contribution in [0.4, 0.5) is 0 Å². The number of rotatable bonds is 4. The van der Waals surface area contributed by atoms with Gasteiger partial charge in [-0.3, -0.25) is 0 Å². The first-order valence-corrected chi connectivity index (χ1v) is 6.76. The van der Waals surface area contributed by atoms with Gasteiger partial charge in [0.15, 0.2) is 0 Å². The molecule has 1 aliphatic rings. The Kier molecular flexibility index (Phi) is 4.12. The highest BCUT2D eigenvalue weighted by atomic mass is 32.1. The zero-order chi connectivity index (χ0) is 12.3. The molecule has 0 aliphatic heterocycles. The van der Waals surface area contributed by atoms with Gasteiger partial charge in [0.1, 0.15) is 16.0 Å². The molecule has 1 saturated carbocycles. The summed E-state index contributed by atoms with van der Waals surface area (Å²) >= 11 is 1.23. The summed E-state index contributed by atoms with van der Waals surface area (Å²) in [5.41, 5.74) is 0. The van der Waals surface area contributed by atoms with Gasteiger partial charge in [-0.05, 0) is 18.8 Å². The molecule has 4 nitrogen and oxygen atoms in total. The van der Waals surface area contributed by atoms with Crippen molar-refractivity contribution in [3.63, 3.8) is 0 Å². The Hall–Kier alpha value is -0.940. The third-order valence-electron chi connectivity index (χ3n) is 3.31. The van der Waals surface area contributed by atoms with Crippen LogP contribution in [0.5, 0.6) is 0 Å². The molecule has 1 aromatic rings. The number of ether oxygens (including phenoxy) is 1. The lowest BCUT2D eigenvalue weighted by Gasteiger charge is -2.27. The molecule has 0 aromatic carbocycles. The van der Waals surface area contributed by atoms with Gasteiger partial charge in [-0.2, -0.15) is 0 Å². The maximum atomic E-state index is 10.8. The molecule has 1 aromatic heterocycles. The first-order chi connectivity index (χ1) is 8.22. The molecule has 94 valence electrons. The lowest BCUT2D eigenvalue weighted by Crippen LogP contribution is -2.17. The number of hydrogen-bond acceptors (Lipinski definition) is 4. The van der Waals surface area contributed by atoms with Gasteiger partial charge in [0, 0.05) is 7.11 Å². The van der Waals surface area contributed by atoms with E-state index in [-0.39, 0.29) is 11.0 Å². The first kappa shape index (κ1) is 12.5. The summed E-state index contributed by atoms with van der Waals surface area (Å²) in [6.45, 7) is 0. The van der Waals surface area contributed by atoms with Crippen molar-refractivity contribution >= 4 is 17.3 Å². The number of aromatic carboxylic acids is 1. The van der Waals surface area contributed by atoms with E-state index in [4.69, 9.17) is 9.84 Å². The molecule has 1 atom stereocenters. The van der Waals surface area contributed by atoms with Crippen molar-refractivity contribution in [2.75, 3.05) is 7.11 Å². The normalized spacial score (nSPS) is 19.1. The van der Waals surface area contributed by atoms with Crippen LogP contribution in [0.3, 0.4) is 0 Å². The maximum Gasteiger partial charge on any atom is 0.347 e. The number of carboxylic acid groups (broad SMARTS) is 1. The average Bonchev–Trinajstić information content (AvgIpc) is 2.81. The molecular formula is C12H17NO3S. The minimum Gasteiger partial charge on any atom is -0.477 e. The van der Waals surface area contributed by atoms with Crippen molar-refractivity contribution in [1.82, 2.24) is 4.98 Å². The second-order valence-corrected chi connectivity index (χ2v) is 5.48. The van der Waals surface area contributed by atoms with Gasteiger partial charge in [0.2, 0.25) is 0 Å². The van der Waals surface area contributed by atoms with E-state index in [1.807, 2.05) is 0 Å². The quantitative estimate of drug-likeness (QED) is 0.898. The Morgan fingerprint density at radius 3 is 2.76 bits per heavy atom. The summed E-state index contributed by atoms with van der Waals surface area (Å²) in [6, 6.07) is 0. The molecular weight excluding hydrogens is 238 g/mol. The molecule has 1 aliphatic carbocycles. The third kappa shape index (κ3) is 2.84. The lowest BCUT2D eigenvalue weighted by atomic mass is 9.85. The van der Waals surface area contributed by atoms with Gasteiger partial charge in [0.25, 0.3) is 0 Å². The lowest BCUT2D eigenvalue weighted by molar-refractivity contribution is 0.0352. The first-order valence-electron chi connectivity index (χ1n) is 5.94. The van der Waals surface area contributed by atoms with Gasteiger partial charge in [-0.15, -0.1) is 11.3 Å². The summed E-state index contributed by atoms with van der Waals surface area (Å²) in [5.74, 6) is -0.422. The van der Waals surface area contributed by atoms with Gasteiger partial charge >= 0.3 is 5.97 Å². The van der Waals surface area contributed by atoms with E-state index in [0.29, 0.717) is 5.92 Å². The molecule has 0 amide bonds. The smallest absolute Gasteiger partial charge is 0.347 e. The fourth-order valence-electron chi connectivity index (χ4n) is 2.45. The molecule has 0 spiro atoms. The molecule has 1 unspecified atom stereocenters. The van der Waals surface area contributed by atoms with Crippen LogP contribution in [0.25, 0.3) is 0 Å². The zero-order valence-corrected chi connectivity index (χ0v) is 10.7. The Balaban J connectivity index is 2.12. The van der Waals surface area contributed by atoms with E-state index in [2.05, 4.69) is 4.98 Å². The van der Waals surface area contributed by atoms with Gasteiger partial charge in [-0.25, -0.2) is 9.78 Å². The fourth-order valence-corrected chi connectivity index (χ4v) is 3.38. The molecule has 0 saturated heterocycles. The van der Waals surface area contributed by atoms with Crippen molar-refractivity contribution in [2.45, 2.75) is 38.2 Å².